The Balaban J connectivity index is 1.37. The number of anilines is 2. The summed E-state index contributed by atoms with van der Waals surface area (Å²) >= 11 is 12.7. The Hall–Kier alpha value is -2.97. The molecule has 2 aromatic carbocycles. The zero-order valence-electron chi connectivity index (χ0n) is 19.6. The molecule has 4 aromatic rings. The first-order valence-corrected chi connectivity index (χ1v) is 12.2. The van der Waals surface area contributed by atoms with Crippen molar-refractivity contribution in [2.75, 3.05) is 38.5 Å². The number of hydrogen-bond donors (Lipinski definition) is 1. The molecule has 0 atom stereocenters. The number of aryl methyl sites for hydroxylation is 1. The molecule has 1 N–H and O–H groups in total. The summed E-state index contributed by atoms with van der Waals surface area (Å²) in [6.07, 6.45) is 1.69. The van der Waals surface area contributed by atoms with Gasteiger partial charge in [-0.05, 0) is 42.9 Å². The zero-order chi connectivity index (χ0) is 24.5. The summed E-state index contributed by atoms with van der Waals surface area (Å²) in [5, 5.41) is 4.80. The van der Waals surface area contributed by atoms with E-state index < -0.39 is 0 Å². The van der Waals surface area contributed by atoms with Crippen LogP contribution in [0.15, 0.2) is 59.5 Å². The van der Waals surface area contributed by atoms with E-state index in [4.69, 9.17) is 23.2 Å². The maximum absolute atomic E-state index is 13.1. The van der Waals surface area contributed by atoms with Gasteiger partial charge in [0.05, 0.1) is 15.6 Å². The van der Waals surface area contributed by atoms with E-state index in [1.54, 1.807) is 37.5 Å². The molecule has 180 valence electrons. The first-order valence-electron chi connectivity index (χ1n) is 11.5. The van der Waals surface area contributed by atoms with Crippen LogP contribution in [0.2, 0.25) is 10.0 Å². The number of halogens is 2. The Morgan fingerprint density at radius 1 is 0.971 bits per heavy atom. The molecule has 3 heterocycles. The third-order valence-electron chi connectivity index (χ3n) is 6.39. The highest BCUT2D eigenvalue weighted by atomic mass is 35.5. The van der Waals surface area contributed by atoms with Gasteiger partial charge in [-0.2, -0.15) is 4.98 Å². The molecule has 1 aliphatic heterocycles. The lowest BCUT2D eigenvalue weighted by Gasteiger charge is -2.32. The third-order valence-corrected chi connectivity index (χ3v) is 7.02. The molecule has 0 spiro atoms. The summed E-state index contributed by atoms with van der Waals surface area (Å²) in [6, 6.07) is 15.2. The van der Waals surface area contributed by atoms with E-state index in [0.29, 0.717) is 38.2 Å². The van der Waals surface area contributed by atoms with Crippen LogP contribution < -0.4 is 10.9 Å². The maximum Gasteiger partial charge on any atom is 0.259 e. The number of pyridine rings is 1. The van der Waals surface area contributed by atoms with Crippen molar-refractivity contribution in [2.24, 2.45) is 7.05 Å². The first-order chi connectivity index (χ1) is 16.9. The molecule has 0 bridgehead atoms. The predicted molar refractivity (Wildman–Crippen MR) is 143 cm³/mol. The molecule has 0 amide bonds. The lowest BCUT2D eigenvalue weighted by molar-refractivity contribution is 0.148. The average Bonchev–Trinajstić information content (AvgIpc) is 2.85. The molecular formula is C26H26Cl2N6O. The van der Waals surface area contributed by atoms with E-state index >= 15 is 0 Å². The quantitative estimate of drug-likeness (QED) is 0.417. The minimum absolute atomic E-state index is 0.231. The lowest BCUT2D eigenvalue weighted by atomic mass is 10.1. The second kappa shape index (κ2) is 9.95. The highest BCUT2D eigenvalue weighted by Gasteiger charge is 2.17. The smallest absolute Gasteiger partial charge is 0.259 e. The van der Waals surface area contributed by atoms with Crippen LogP contribution in [0.25, 0.3) is 22.2 Å². The van der Waals surface area contributed by atoms with Gasteiger partial charge >= 0.3 is 0 Å². The topological polar surface area (TPSA) is 66.3 Å². The number of piperazine rings is 1. The van der Waals surface area contributed by atoms with Crippen LogP contribution in [0.4, 0.5) is 11.6 Å². The van der Waals surface area contributed by atoms with E-state index in [2.05, 4.69) is 44.3 Å². The van der Waals surface area contributed by atoms with Crippen molar-refractivity contribution in [3.8, 4) is 11.1 Å². The Morgan fingerprint density at radius 2 is 1.66 bits per heavy atom. The SMILES string of the molecule is CN1CCN(Cc2ccc(Nc3ncc4cc(-c5c(Cl)cccc5Cl)c(=O)n(C)c4n3)cc2)CC1. The molecule has 0 aliphatic carbocycles. The van der Waals surface area contributed by atoms with Crippen molar-refractivity contribution in [3.63, 3.8) is 0 Å². The molecule has 1 aliphatic rings. The Morgan fingerprint density at radius 3 is 2.34 bits per heavy atom. The summed E-state index contributed by atoms with van der Waals surface area (Å²) in [7, 11) is 3.85. The molecule has 0 saturated carbocycles. The molecule has 5 rings (SSSR count). The van der Waals surface area contributed by atoms with E-state index in [-0.39, 0.29) is 5.56 Å². The van der Waals surface area contributed by atoms with Crippen LogP contribution in [-0.2, 0) is 13.6 Å². The normalized spacial score (nSPS) is 15.0. The van der Waals surface area contributed by atoms with E-state index in [9.17, 15) is 4.79 Å². The number of benzene rings is 2. The second-order valence-corrected chi connectivity index (χ2v) is 9.71. The summed E-state index contributed by atoms with van der Waals surface area (Å²) in [5.74, 6) is 0.419. The molecule has 7 nitrogen and oxygen atoms in total. The first kappa shape index (κ1) is 23.8. The van der Waals surface area contributed by atoms with Crippen molar-refractivity contribution in [1.29, 1.82) is 0 Å². The predicted octanol–water partition coefficient (Wildman–Crippen LogP) is 4.79. The molecule has 35 heavy (non-hydrogen) atoms. The average molecular weight is 509 g/mol. The molecule has 0 radical (unpaired) electrons. The molecule has 2 aromatic heterocycles. The number of rotatable bonds is 5. The van der Waals surface area contributed by atoms with Gasteiger partial charge in [0.1, 0.15) is 5.65 Å². The standard InChI is InChI=1S/C26H26Cl2N6O/c1-32-10-12-34(13-11-32)16-17-6-8-19(9-7-17)30-26-29-15-18-14-20(25(35)33(2)24(18)31-26)23-21(27)4-3-5-22(23)28/h3-9,14-15H,10-13,16H2,1-2H3,(H,29,30,31). The van der Waals surface area contributed by atoms with Crippen LogP contribution in [0.3, 0.4) is 0 Å². The van der Waals surface area contributed by atoms with Crippen molar-refractivity contribution in [1.82, 2.24) is 24.3 Å². The van der Waals surface area contributed by atoms with E-state index in [0.717, 1.165) is 38.4 Å². The van der Waals surface area contributed by atoms with Crippen LogP contribution in [-0.4, -0.2) is 57.6 Å². The van der Waals surface area contributed by atoms with Crippen molar-refractivity contribution in [2.45, 2.75) is 6.54 Å². The Bertz CT molecular complexity index is 1410. The molecule has 1 fully saturated rings. The van der Waals surface area contributed by atoms with Gasteiger partial charge in [0.2, 0.25) is 5.95 Å². The summed E-state index contributed by atoms with van der Waals surface area (Å²) in [5.41, 5.74) is 3.37. The van der Waals surface area contributed by atoms with Crippen LogP contribution >= 0.6 is 23.2 Å². The van der Waals surface area contributed by atoms with Gasteiger partial charge in [0.25, 0.3) is 5.56 Å². The van der Waals surface area contributed by atoms with E-state index in [1.807, 2.05) is 12.1 Å². The number of likely N-dealkylation sites (N-methyl/N-ethyl adjacent to an activating group) is 1. The minimum Gasteiger partial charge on any atom is -0.324 e. The van der Waals surface area contributed by atoms with Gasteiger partial charge in [-0.25, -0.2) is 4.98 Å². The Labute approximate surface area is 213 Å². The highest BCUT2D eigenvalue weighted by molar-refractivity contribution is 6.39. The number of hydrogen-bond acceptors (Lipinski definition) is 6. The van der Waals surface area contributed by atoms with Gasteiger partial charge in [0, 0.05) is 62.6 Å². The largest absolute Gasteiger partial charge is 0.324 e. The fraction of sp³-hybridized carbons (Fsp3) is 0.269. The second-order valence-electron chi connectivity index (χ2n) is 8.89. The molecule has 1 saturated heterocycles. The van der Waals surface area contributed by atoms with Gasteiger partial charge < -0.3 is 10.2 Å². The van der Waals surface area contributed by atoms with Crippen LogP contribution in [0.5, 0.6) is 0 Å². The lowest BCUT2D eigenvalue weighted by Crippen LogP contribution is -2.43. The van der Waals surface area contributed by atoms with E-state index in [1.165, 1.54) is 10.1 Å². The fourth-order valence-corrected chi connectivity index (χ4v) is 4.93. The van der Waals surface area contributed by atoms with Gasteiger partial charge in [0.15, 0.2) is 0 Å². The molecule has 9 heteroatoms. The monoisotopic (exact) mass is 508 g/mol. The van der Waals surface area contributed by atoms with Gasteiger partial charge in [-0.1, -0.05) is 41.4 Å². The van der Waals surface area contributed by atoms with Gasteiger partial charge in [-0.3, -0.25) is 14.3 Å². The number of nitrogens with zero attached hydrogens (tertiary/aromatic N) is 5. The number of nitrogens with one attached hydrogen (secondary N) is 1. The van der Waals surface area contributed by atoms with Crippen LogP contribution in [0.1, 0.15) is 5.56 Å². The van der Waals surface area contributed by atoms with Crippen molar-refractivity contribution < 1.29 is 0 Å². The highest BCUT2D eigenvalue weighted by Crippen LogP contribution is 2.33. The third kappa shape index (κ3) is 5.04. The minimum atomic E-state index is -0.231. The number of aromatic nitrogens is 3. The number of fused-ring (bicyclic) bond motifs is 1. The van der Waals surface area contributed by atoms with Crippen molar-refractivity contribution in [3.05, 3.63) is 80.7 Å². The Kier molecular flexibility index (Phi) is 6.75. The summed E-state index contributed by atoms with van der Waals surface area (Å²) in [6.45, 7) is 5.33. The molecule has 0 unspecified atom stereocenters. The summed E-state index contributed by atoms with van der Waals surface area (Å²) < 4.78 is 1.50. The molecular weight excluding hydrogens is 483 g/mol. The van der Waals surface area contributed by atoms with Gasteiger partial charge in [-0.15, -0.1) is 0 Å². The maximum atomic E-state index is 13.1. The zero-order valence-corrected chi connectivity index (χ0v) is 21.1. The van der Waals surface area contributed by atoms with Crippen LogP contribution in [0, 0.1) is 0 Å². The summed E-state index contributed by atoms with van der Waals surface area (Å²) in [4.78, 5) is 27.0. The fourth-order valence-electron chi connectivity index (χ4n) is 4.33. The van der Waals surface area contributed by atoms with Crippen molar-refractivity contribution >= 4 is 45.9 Å².